The quantitative estimate of drug-likeness (QED) is 0.927. The normalized spacial score (nSPS) is 24.8. The van der Waals surface area contributed by atoms with Crippen LogP contribution in [0.15, 0.2) is 24.3 Å². The molecule has 1 aliphatic heterocycles. The Morgan fingerprint density at radius 1 is 1.41 bits per heavy atom. The molecule has 2 unspecified atom stereocenters. The van der Waals surface area contributed by atoms with Crippen molar-refractivity contribution >= 4 is 5.91 Å². The summed E-state index contributed by atoms with van der Waals surface area (Å²) >= 11 is 0. The van der Waals surface area contributed by atoms with E-state index in [2.05, 4.69) is 23.2 Å². The first kappa shape index (κ1) is 15.1. The number of amides is 1. The standard InChI is InChI=1S/C18H23N3O/c1-13-12-21(18(22)16-5-6-16)8-7-17(13)20-11-15-4-2-3-14(9-15)10-19/h2-4,9,13,16-17,20H,5-8,11-12H2,1H3. The highest BCUT2D eigenvalue weighted by atomic mass is 16.2. The molecule has 2 aliphatic rings. The lowest BCUT2D eigenvalue weighted by Crippen LogP contribution is -2.50. The lowest BCUT2D eigenvalue weighted by atomic mass is 9.93. The Labute approximate surface area is 132 Å². The first-order valence-electron chi connectivity index (χ1n) is 8.18. The SMILES string of the molecule is CC1CN(C(=O)C2CC2)CCC1NCc1cccc(C#N)c1. The summed E-state index contributed by atoms with van der Waals surface area (Å²) in [4.78, 5) is 14.2. The highest BCUT2D eigenvalue weighted by Crippen LogP contribution is 2.32. The Kier molecular flexibility index (Phi) is 4.44. The molecule has 4 nitrogen and oxygen atoms in total. The predicted octanol–water partition coefficient (Wildman–Crippen LogP) is 2.29. The number of likely N-dealkylation sites (tertiary alicyclic amines) is 1. The number of nitrogens with zero attached hydrogens (tertiary/aromatic N) is 2. The molecule has 2 fully saturated rings. The molecule has 4 heteroatoms. The summed E-state index contributed by atoms with van der Waals surface area (Å²) in [6, 6.07) is 10.3. The maximum absolute atomic E-state index is 12.1. The zero-order valence-corrected chi connectivity index (χ0v) is 13.1. The zero-order chi connectivity index (χ0) is 15.5. The fourth-order valence-corrected chi connectivity index (χ4v) is 3.24. The molecule has 1 heterocycles. The van der Waals surface area contributed by atoms with Crippen molar-refractivity contribution in [2.24, 2.45) is 11.8 Å². The second-order valence-corrected chi connectivity index (χ2v) is 6.62. The summed E-state index contributed by atoms with van der Waals surface area (Å²) in [5.41, 5.74) is 1.85. The summed E-state index contributed by atoms with van der Waals surface area (Å²) in [6.07, 6.45) is 3.18. The second kappa shape index (κ2) is 6.50. The molecule has 1 aromatic rings. The number of benzene rings is 1. The topological polar surface area (TPSA) is 56.1 Å². The third-order valence-corrected chi connectivity index (χ3v) is 4.77. The fourth-order valence-electron chi connectivity index (χ4n) is 3.24. The molecule has 1 amide bonds. The molecule has 1 saturated heterocycles. The number of rotatable bonds is 4. The highest BCUT2D eigenvalue weighted by molar-refractivity contribution is 5.81. The van der Waals surface area contributed by atoms with E-state index in [1.165, 1.54) is 0 Å². The van der Waals surface area contributed by atoms with Crippen LogP contribution in [0.25, 0.3) is 0 Å². The van der Waals surface area contributed by atoms with Crippen molar-refractivity contribution in [2.75, 3.05) is 13.1 Å². The van der Waals surface area contributed by atoms with Gasteiger partial charge >= 0.3 is 0 Å². The van der Waals surface area contributed by atoms with Gasteiger partial charge in [0.05, 0.1) is 11.6 Å². The van der Waals surface area contributed by atoms with Gasteiger partial charge in [0, 0.05) is 31.6 Å². The van der Waals surface area contributed by atoms with E-state index in [4.69, 9.17) is 5.26 Å². The molecule has 22 heavy (non-hydrogen) atoms. The third-order valence-electron chi connectivity index (χ3n) is 4.77. The van der Waals surface area contributed by atoms with Crippen molar-refractivity contribution < 1.29 is 4.79 Å². The minimum Gasteiger partial charge on any atom is -0.342 e. The van der Waals surface area contributed by atoms with Crippen molar-refractivity contribution in [2.45, 2.75) is 38.8 Å². The predicted molar refractivity (Wildman–Crippen MR) is 84.9 cm³/mol. The van der Waals surface area contributed by atoms with Crippen LogP contribution in [0.1, 0.15) is 37.3 Å². The van der Waals surface area contributed by atoms with E-state index >= 15 is 0 Å². The van der Waals surface area contributed by atoms with Gasteiger partial charge in [-0.3, -0.25) is 4.79 Å². The second-order valence-electron chi connectivity index (χ2n) is 6.62. The van der Waals surface area contributed by atoms with E-state index in [0.717, 1.165) is 44.5 Å². The van der Waals surface area contributed by atoms with Crippen molar-refractivity contribution in [1.82, 2.24) is 10.2 Å². The largest absolute Gasteiger partial charge is 0.342 e. The number of carbonyl (C=O) groups excluding carboxylic acids is 1. The van der Waals surface area contributed by atoms with Crippen LogP contribution in [0.5, 0.6) is 0 Å². The molecule has 1 aromatic carbocycles. The van der Waals surface area contributed by atoms with E-state index in [1.54, 1.807) is 0 Å². The van der Waals surface area contributed by atoms with E-state index in [1.807, 2.05) is 24.3 Å². The van der Waals surface area contributed by atoms with Crippen LogP contribution in [-0.2, 0) is 11.3 Å². The monoisotopic (exact) mass is 297 g/mol. The van der Waals surface area contributed by atoms with Crippen LogP contribution in [0.4, 0.5) is 0 Å². The number of carbonyl (C=O) groups is 1. The lowest BCUT2D eigenvalue weighted by Gasteiger charge is -2.37. The van der Waals surface area contributed by atoms with Crippen molar-refractivity contribution in [3.8, 4) is 6.07 Å². The number of piperidine rings is 1. The summed E-state index contributed by atoms with van der Waals surface area (Å²) in [6.45, 7) is 4.73. The maximum atomic E-state index is 12.1. The minimum absolute atomic E-state index is 0.324. The molecule has 0 spiro atoms. The number of hydrogen-bond donors (Lipinski definition) is 1. The third kappa shape index (κ3) is 3.48. The van der Waals surface area contributed by atoms with Gasteiger partial charge in [-0.2, -0.15) is 5.26 Å². The van der Waals surface area contributed by atoms with Gasteiger partial charge < -0.3 is 10.2 Å². The minimum atomic E-state index is 0.324. The van der Waals surface area contributed by atoms with Gasteiger partial charge in [0.2, 0.25) is 5.91 Å². The lowest BCUT2D eigenvalue weighted by molar-refractivity contribution is -0.134. The molecule has 1 aliphatic carbocycles. The van der Waals surface area contributed by atoms with Gasteiger partial charge in [-0.15, -0.1) is 0 Å². The Morgan fingerprint density at radius 2 is 2.23 bits per heavy atom. The average Bonchev–Trinajstić information content (AvgIpc) is 3.38. The summed E-state index contributed by atoms with van der Waals surface area (Å²) in [5.74, 6) is 1.16. The molecule has 0 radical (unpaired) electrons. The number of nitriles is 1. The Hall–Kier alpha value is -1.86. The van der Waals surface area contributed by atoms with Crippen LogP contribution < -0.4 is 5.32 Å². The molecule has 0 aromatic heterocycles. The van der Waals surface area contributed by atoms with Crippen LogP contribution in [0.2, 0.25) is 0 Å². The van der Waals surface area contributed by atoms with Gasteiger partial charge in [0.1, 0.15) is 0 Å². The molecule has 116 valence electrons. The zero-order valence-electron chi connectivity index (χ0n) is 13.1. The molecule has 0 bridgehead atoms. The molecular formula is C18H23N3O. The maximum Gasteiger partial charge on any atom is 0.225 e. The van der Waals surface area contributed by atoms with Crippen LogP contribution in [0, 0.1) is 23.2 Å². The summed E-state index contributed by atoms with van der Waals surface area (Å²) < 4.78 is 0. The molecular weight excluding hydrogens is 274 g/mol. The van der Waals surface area contributed by atoms with E-state index in [9.17, 15) is 4.79 Å². The van der Waals surface area contributed by atoms with Gasteiger partial charge in [0.25, 0.3) is 0 Å². The van der Waals surface area contributed by atoms with Gasteiger partial charge in [-0.1, -0.05) is 19.1 Å². The number of nitrogens with one attached hydrogen (secondary N) is 1. The van der Waals surface area contributed by atoms with E-state index in [-0.39, 0.29) is 0 Å². The Balaban J connectivity index is 1.51. The van der Waals surface area contributed by atoms with Gasteiger partial charge in [-0.05, 0) is 42.9 Å². The highest BCUT2D eigenvalue weighted by Gasteiger charge is 2.36. The van der Waals surface area contributed by atoms with E-state index in [0.29, 0.717) is 29.3 Å². The van der Waals surface area contributed by atoms with Crippen molar-refractivity contribution in [1.29, 1.82) is 5.26 Å². The molecule has 1 saturated carbocycles. The Morgan fingerprint density at radius 3 is 2.91 bits per heavy atom. The molecule has 1 N–H and O–H groups in total. The first-order valence-corrected chi connectivity index (χ1v) is 8.18. The van der Waals surface area contributed by atoms with Gasteiger partial charge in [0.15, 0.2) is 0 Å². The van der Waals surface area contributed by atoms with Crippen molar-refractivity contribution in [3.05, 3.63) is 35.4 Å². The van der Waals surface area contributed by atoms with Crippen LogP contribution in [0.3, 0.4) is 0 Å². The smallest absolute Gasteiger partial charge is 0.225 e. The average molecular weight is 297 g/mol. The van der Waals surface area contributed by atoms with E-state index < -0.39 is 0 Å². The van der Waals surface area contributed by atoms with Crippen LogP contribution in [-0.4, -0.2) is 29.9 Å². The number of hydrogen-bond acceptors (Lipinski definition) is 3. The molecule has 3 rings (SSSR count). The van der Waals surface area contributed by atoms with Crippen LogP contribution >= 0.6 is 0 Å². The van der Waals surface area contributed by atoms with Gasteiger partial charge in [-0.25, -0.2) is 0 Å². The fraction of sp³-hybridized carbons (Fsp3) is 0.556. The van der Waals surface area contributed by atoms with Crippen molar-refractivity contribution in [3.63, 3.8) is 0 Å². The molecule has 2 atom stereocenters. The summed E-state index contributed by atoms with van der Waals surface area (Å²) in [7, 11) is 0. The summed E-state index contributed by atoms with van der Waals surface area (Å²) in [5, 5.41) is 12.5. The Bertz CT molecular complexity index is 588. The first-order chi connectivity index (χ1) is 10.7.